The highest BCUT2D eigenvalue weighted by Gasteiger charge is 2.33. The molecule has 0 radical (unpaired) electrons. The molecule has 1 N–H and O–H groups in total. The van der Waals surface area contributed by atoms with Crippen LogP contribution < -0.4 is 10.2 Å². The topological polar surface area (TPSA) is 59.4 Å². The monoisotopic (exact) mass is 388 g/mol. The first-order chi connectivity index (χ1) is 14.0. The highest BCUT2D eigenvalue weighted by Crippen LogP contribution is 2.30. The maximum absolute atomic E-state index is 12.9. The lowest BCUT2D eigenvalue weighted by molar-refractivity contribution is -0.117. The average Bonchev–Trinajstić information content (AvgIpc) is 3.31. The maximum atomic E-state index is 12.9. The Balaban J connectivity index is 1.43. The minimum absolute atomic E-state index is 0.0882. The SMILES string of the molecule is CC(C)[C@@H](C)N1Cc2ccc(N[C@H]3CCN(c4ccc(C#N)cc4)C3=O)cc2C1. The van der Waals surface area contributed by atoms with Gasteiger partial charge in [0.05, 0.1) is 11.6 Å². The molecule has 2 aliphatic rings. The molecule has 150 valence electrons. The van der Waals surface area contributed by atoms with E-state index in [1.807, 2.05) is 12.1 Å². The number of carbonyl (C=O) groups is 1. The summed E-state index contributed by atoms with van der Waals surface area (Å²) in [6, 6.07) is 16.2. The number of nitrogens with zero attached hydrogens (tertiary/aromatic N) is 3. The van der Waals surface area contributed by atoms with Crippen LogP contribution in [-0.2, 0) is 17.9 Å². The molecule has 1 fully saturated rings. The summed E-state index contributed by atoms with van der Waals surface area (Å²) in [7, 11) is 0. The van der Waals surface area contributed by atoms with Crippen molar-refractivity contribution in [3.8, 4) is 6.07 Å². The van der Waals surface area contributed by atoms with E-state index in [0.717, 1.165) is 30.9 Å². The molecule has 0 aliphatic carbocycles. The minimum Gasteiger partial charge on any atom is -0.374 e. The minimum atomic E-state index is -0.212. The van der Waals surface area contributed by atoms with E-state index in [4.69, 9.17) is 5.26 Å². The smallest absolute Gasteiger partial charge is 0.249 e. The van der Waals surface area contributed by atoms with E-state index in [1.54, 1.807) is 17.0 Å². The molecular formula is C24H28N4O. The van der Waals surface area contributed by atoms with Crippen molar-refractivity contribution in [1.82, 2.24) is 4.90 Å². The van der Waals surface area contributed by atoms with Gasteiger partial charge < -0.3 is 10.2 Å². The van der Waals surface area contributed by atoms with E-state index < -0.39 is 0 Å². The highest BCUT2D eigenvalue weighted by molar-refractivity contribution is 6.01. The molecule has 1 amide bonds. The summed E-state index contributed by atoms with van der Waals surface area (Å²) < 4.78 is 0. The predicted octanol–water partition coefficient (Wildman–Crippen LogP) is 4.14. The van der Waals surface area contributed by atoms with Crippen LogP contribution in [0.2, 0.25) is 0 Å². The summed E-state index contributed by atoms with van der Waals surface area (Å²) in [5, 5.41) is 12.4. The zero-order chi connectivity index (χ0) is 20.5. The third kappa shape index (κ3) is 3.86. The number of anilines is 2. The van der Waals surface area contributed by atoms with Crippen molar-refractivity contribution in [3.05, 3.63) is 59.2 Å². The van der Waals surface area contributed by atoms with Gasteiger partial charge in [0.2, 0.25) is 5.91 Å². The quantitative estimate of drug-likeness (QED) is 0.836. The van der Waals surface area contributed by atoms with Crippen molar-refractivity contribution in [2.24, 2.45) is 5.92 Å². The molecule has 2 heterocycles. The molecule has 0 spiro atoms. The zero-order valence-electron chi connectivity index (χ0n) is 17.4. The van der Waals surface area contributed by atoms with Gasteiger partial charge in [-0.3, -0.25) is 9.69 Å². The Kier molecular flexibility index (Phi) is 5.29. The maximum Gasteiger partial charge on any atom is 0.249 e. The normalized spacial score (nSPS) is 20.0. The van der Waals surface area contributed by atoms with Crippen molar-refractivity contribution in [2.75, 3.05) is 16.8 Å². The fourth-order valence-electron chi connectivity index (χ4n) is 4.21. The summed E-state index contributed by atoms with van der Waals surface area (Å²) in [4.78, 5) is 17.2. The molecular weight excluding hydrogens is 360 g/mol. The zero-order valence-corrected chi connectivity index (χ0v) is 17.4. The van der Waals surface area contributed by atoms with Crippen molar-refractivity contribution in [3.63, 3.8) is 0 Å². The van der Waals surface area contributed by atoms with E-state index in [9.17, 15) is 4.79 Å². The van der Waals surface area contributed by atoms with Gasteiger partial charge in [0.15, 0.2) is 0 Å². The van der Waals surface area contributed by atoms with E-state index in [0.29, 0.717) is 24.1 Å². The van der Waals surface area contributed by atoms with Gasteiger partial charge in [0.1, 0.15) is 6.04 Å². The third-order valence-corrected chi connectivity index (χ3v) is 6.35. The van der Waals surface area contributed by atoms with Gasteiger partial charge >= 0.3 is 0 Å². The van der Waals surface area contributed by atoms with Crippen molar-refractivity contribution in [2.45, 2.75) is 52.4 Å². The van der Waals surface area contributed by atoms with E-state index in [2.05, 4.69) is 55.3 Å². The second kappa shape index (κ2) is 7.88. The van der Waals surface area contributed by atoms with Crippen molar-refractivity contribution < 1.29 is 4.79 Å². The second-order valence-electron chi connectivity index (χ2n) is 8.51. The van der Waals surface area contributed by atoms with Crippen LogP contribution >= 0.6 is 0 Å². The van der Waals surface area contributed by atoms with Crippen LogP contribution in [-0.4, -0.2) is 29.4 Å². The summed E-state index contributed by atoms with van der Waals surface area (Å²) >= 11 is 0. The Bertz CT molecular complexity index is 944. The molecule has 2 aromatic rings. The molecule has 0 aromatic heterocycles. The fraction of sp³-hybridized carbons (Fsp3) is 0.417. The Morgan fingerprint density at radius 1 is 1.07 bits per heavy atom. The Hall–Kier alpha value is -2.84. The molecule has 2 aromatic carbocycles. The molecule has 0 saturated carbocycles. The number of amides is 1. The number of benzene rings is 2. The highest BCUT2D eigenvalue weighted by atomic mass is 16.2. The Morgan fingerprint density at radius 2 is 1.79 bits per heavy atom. The number of nitriles is 1. The lowest BCUT2D eigenvalue weighted by atomic mass is 10.1. The Labute approximate surface area is 172 Å². The summed E-state index contributed by atoms with van der Waals surface area (Å²) in [5.74, 6) is 0.719. The van der Waals surface area contributed by atoms with Crippen LogP contribution in [0.25, 0.3) is 0 Å². The van der Waals surface area contributed by atoms with Crippen LogP contribution in [0.5, 0.6) is 0 Å². The number of carbonyl (C=O) groups excluding carboxylic acids is 1. The van der Waals surface area contributed by atoms with Gasteiger partial charge in [0, 0.05) is 37.1 Å². The molecule has 4 rings (SSSR count). The molecule has 29 heavy (non-hydrogen) atoms. The number of nitrogens with one attached hydrogen (secondary N) is 1. The largest absolute Gasteiger partial charge is 0.374 e. The van der Waals surface area contributed by atoms with Crippen LogP contribution in [0.4, 0.5) is 11.4 Å². The first-order valence-corrected chi connectivity index (χ1v) is 10.4. The van der Waals surface area contributed by atoms with Gasteiger partial charge in [-0.15, -0.1) is 0 Å². The predicted molar refractivity (Wildman–Crippen MR) is 116 cm³/mol. The van der Waals surface area contributed by atoms with Crippen LogP contribution in [0.1, 0.15) is 43.9 Å². The van der Waals surface area contributed by atoms with Gasteiger partial charge in [0.25, 0.3) is 0 Å². The molecule has 1 saturated heterocycles. The summed E-state index contributed by atoms with van der Waals surface area (Å²) in [5.41, 5.74) is 5.22. The molecule has 0 bridgehead atoms. The standard InChI is InChI=1S/C24H28N4O/c1-16(2)17(3)27-14-19-6-7-21(12-20(19)15-27)26-23-10-11-28(24(23)29)22-8-4-18(13-25)5-9-22/h4-9,12,16-17,23,26H,10-11,14-15H2,1-3H3/t17-,23+/m1/s1. The summed E-state index contributed by atoms with van der Waals surface area (Å²) in [6.07, 6.45) is 0.770. The first-order valence-electron chi connectivity index (χ1n) is 10.4. The number of hydrogen-bond acceptors (Lipinski definition) is 4. The van der Waals surface area contributed by atoms with Crippen LogP contribution in [0.15, 0.2) is 42.5 Å². The fourth-order valence-corrected chi connectivity index (χ4v) is 4.21. The summed E-state index contributed by atoms with van der Waals surface area (Å²) in [6.45, 7) is 9.50. The van der Waals surface area contributed by atoms with E-state index in [1.165, 1.54) is 11.1 Å². The number of hydrogen-bond donors (Lipinski definition) is 1. The van der Waals surface area contributed by atoms with E-state index >= 15 is 0 Å². The second-order valence-corrected chi connectivity index (χ2v) is 8.51. The van der Waals surface area contributed by atoms with Crippen LogP contribution in [0, 0.1) is 17.2 Å². The molecule has 2 aliphatic heterocycles. The Morgan fingerprint density at radius 3 is 2.48 bits per heavy atom. The first kappa shape index (κ1) is 19.5. The van der Waals surface area contributed by atoms with Crippen LogP contribution in [0.3, 0.4) is 0 Å². The lowest BCUT2D eigenvalue weighted by Crippen LogP contribution is -2.33. The van der Waals surface area contributed by atoms with E-state index in [-0.39, 0.29) is 11.9 Å². The molecule has 5 heteroatoms. The molecule has 2 atom stereocenters. The van der Waals surface area contributed by atoms with Gasteiger partial charge in [-0.05, 0) is 66.8 Å². The number of fused-ring (bicyclic) bond motifs is 1. The lowest BCUT2D eigenvalue weighted by Gasteiger charge is -2.26. The third-order valence-electron chi connectivity index (χ3n) is 6.35. The van der Waals surface area contributed by atoms with Gasteiger partial charge in [-0.1, -0.05) is 19.9 Å². The molecule has 0 unspecified atom stereocenters. The number of rotatable bonds is 5. The van der Waals surface area contributed by atoms with Crippen molar-refractivity contribution in [1.29, 1.82) is 5.26 Å². The van der Waals surface area contributed by atoms with Gasteiger partial charge in [-0.25, -0.2) is 0 Å². The van der Waals surface area contributed by atoms with Gasteiger partial charge in [-0.2, -0.15) is 5.26 Å². The average molecular weight is 389 g/mol. The van der Waals surface area contributed by atoms with Crippen molar-refractivity contribution >= 4 is 17.3 Å². The molecule has 5 nitrogen and oxygen atoms in total.